The first-order valence-corrected chi connectivity index (χ1v) is 10.2. The largest absolute Gasteiger partial charge is 0.0734 e. The molecule has 0 nitrogen and oxygen atoms in total. The van der Waals surface area contributed by atoms with Crippen molar-refractivity contribution in [2.24, 2.45) is 0 Å². The van der Waals surface area contributed by atoms with Crippen LogP contribution in [0.15, 0.2) is 0 Å². The first-order chi connectivity index (χ1) is 4.27. The highest BCUT2D eigenvalue weighted by Gasteiger charge is 2.26. The third-order valence-corrected chi connectivity index (χ3v) is 9.34. The van der Waals surface area contributed by atoms with Crippen LogP contribution < -0.4 is 0 Å². The zero-order chi connectivity index (χ0) is 8.41. The van der Waals surface area contributed by atoms with Crippen molar-refractivity contribution in [3.8, 4) is 0 Å². The van der Waals surface area contributed by atoms with Crippen LogP contribution in [0.3, 0.4) is 0 Å². The molecule has 7 heteroatoms. The van der Waals surface area contributed by atoms with Gasteiger partial charge in [-0.3, -0.25) is 0 Å². The van der Waals surface area contributed by atoms with Gasteiger partial charge in [0, 0.05) is 13.4 Å². The van der Waals surface area contributed by atoms with E-state index < -0.39 is 16.1 Å². The van der Waals surface area contributed by atoms with Gasteiger partial charge in [-0.15, -0.1) is 0 Å². The molecule has 0 aromatic carbocycles. The van der Waals surface area contributed by atoms with Crippen molar-refractivity contribution in [1.82, 2.24) is 0 Å². The molecular formula is C3H7Cl5S2. The Morgan fingerprint density at radius 1 is 1.00 bits per heavy atom. The monoisotopic (exact) mass is 282 g/mol. The maximum absolute atomic E-state index is 5.82. The van der Waals surface area contributed by atoms with Crippen molar-refractivity contribution in [2.45, 2.75) is 6.92 Å². The summed E-state index contributed by atoms with van der Waals surface area (Å²) in [5.74, 6) is 0.664. The van der Waals surface area contributed by atoms with Crippen molar-refractivity contribution in [1.29, 1.82) is 0 Å². The second-order valence-electron chi connectivity index (χ2n) is 1.61. The SMILES string of the molecule is CCS(Cl)(Cl)CS(Cl)(Cl)Cl. The van der Waals surface area contributed by atoms with Crippen LogP contribution in [0.5, 0.6) is 0 Å². The van der Waals surface area contributed by atoms with Crippen LogP contribution >= 0.6 is 69.5 Å². The highest BCUT2D eigenvalue weighted by Crippen LogP contribution is 2.75. The van der Waals surface area contributed by atoms with E-state index in [0.29, 0.717) is 10.8 Å². The van der Waals surface area contributed by atoms with Gasteiger partial charge in [0.15, 0.2) is 0 Å². The van der Waals surface area contributed by atoms with Crippen LogP contribution in [-0.2, 0) is 0 Å². The van der Waals surface area contributed by atoms with Gasteiger partial charge in [-0.25, -0.2) is 0 Å². The Labute approximate surface area is 86.6 Å². The van der Waals surface area contributed by atoms with Crippen molar-refractivity contribution in [3.63, 3.8) is 0 Å². The molecule has 0 radical (unpaired) electrons. The van der Waals surface area contributed by atoms with Gasteiger partial charge in [-0.05, 0) is 53.4 Å². The van der Waals surface area contributed by atoms with Gasteiger partial charge < -0.3 is 0 Å². The lowest BCUT2D eigenvalue weighted by molar-refractivity contribution is 1.52. The van der Waals surface area contributed by atoms with Gasteiger partial charge in [0.25, 0.3) is 0 Å². The van der Waals surface area contributed by atoms with Crippen LogP contribution in [0.2, 0.25) is 0 Å². The summed E-state index contributed by atoms with van der Waals surface area (Å²) in [7, 11) is 24.5. The van der Waals surface area contributed by atoms with E-state index in [1.807, 2.05) is 6.92 Å². The lowest BCUT2D eigenvalue weighted by atomic mass is 11.0. The van der Waals surface area contributed by atoms with Gasteiger partial charge in [-0.2, -0.15) is 0 Å². The molecule has 0 unspecified atom stereocenters. The summed E-state index contributed by atoms with van der Waals surface area (Å²) in [6.07, 6.45) is 0. The standard InChI is InChI=1S/C3H7Cl5S2/c1-2-9(4,5)3-10(6,7)8/h2-3H2,1H3. The first-order valence-electron chi connectivity index (χ1n) is 2.34. The van der Waals surface area contributed by atoms with Gasteiger partial charge in [0.05, 0.1) is 5.08 Å². The Kier molecular flexibility index (Phi) is 5.35. The molecule has 10 heavy (non-hydrogen) atoms. The third-order valence-electron chi connectivity index (χ3n) is 0.728. The van der Waals surface area contributed by atoms with E-state index in [0.717, 1.165) is 0 Å². The van der Waals surface area contributed by atoms with E-state index in [9.17, 15) is 0 Å². The van der Waals surface area contributed by atoms with Crippen LogP contribution in [-0.4, -0.2) is 10.8 Å². The highest BCUT2D eigenvalue weighted by atomic mass is 36.2. The Morgan fingerprint density at radius 3 is 1.50 bits per heavy atom. The van der Waals surface area contributed by atoms with E-state index in [2.05, 4.69) is 0 Å². The highest BCUT2D eigenvalue weighted by molar-refractivity contribution is 8.86. The number of halogens is 5. The molecule has 0 aliphatic rings. The quantitative estimate of drug-likeness (QED) is 0.656. The predicted octanol–water partition coefficient (Wildman–Crippen LogP) is 5.34. The Balaban J connectivity index is 3.89. The summed E-state index contributed by atoms with van der Waals surface area (Å²) in [6.45, 7) is 1.88. The normalized spacial score (nSPS) is 17.0. The minimum Gasteiger partial charge on any atom is -0.0734 e. The van der Waals surface area contributed by atoms with E-state index in [1.54, 1.807) is 0 Å². The van der Waals surface area contributed by atoms with Crippen molar-refractivity contribution < 1.29 is 0 Å². The van der Waals surface area contributed by atoms with Crippen LogP contribution in [0.1, 0.15) is 6.92 Å². The molecule has 0 atom stereocenters. The second-order valence-corrected chi connectivity index (χ2v) is 15.7. The summed E-state index contributed by atoms with van der Waals surface area (Å²) in [6, 6.07) is 0. The summed E-state index contributed by atoms with van der Waals surface area (Å²) in [4.78, 5) is 0. The summed E-state index contributed by atoms with van der Waals surface area (Å²) < 4.78 is 0. The number of hydrogen-bond donors (Lipinski definition) is 0. The molecule has 0 aromatic rings. The number of rotatable bonds is 3. The summed E-state index contributed by atoms with van der Waals surface area (Å²) >= 11 is 0. The Bertz CT molecular complexity index is 108. The lowest BCUT2D eigenvalue weighted by Crippen LogP contribution is -1.92. The number of hydrogen-bond acceptors (Lipinski definition) is 0. The fourth-order valence-electron chi connectivity index (χ4n) is 0.279. The molecule has 0 aliphatic heterocycles. The summed E-state index contributed by atoms with van der Waals surface area (Å²) in [5.41, 5.74) is 0. The Hall–Kier alpha value is 2.15. The first kappa shape index (κ1) is 12.2. The fourth-order valence-corrected chi connectivity index (χ4v) is 11.5. The molecule has 0 saturated carbocycles. The third kappa shape index (κ3) is 6.84. The predicted molar refractivity (Wildman–Crippen MR) is 59.9 cm³/mol. The molecule has 0 amide bonds. The van der Waals surface area contributed by atoms with Gasteiger partial charge in [-0.1, -0.05) is 15.4 Å². The smallest absolute Gasteiger partial charge is 0.0719 e. The van der Waals surface area contributed by atoms with Gasteiger partial charge in [0.2, 0.25) is 0 Å². The summed E-state index contributed by atoms with van der Waals surface area (Å²) in [5, 5.41) is 0.310. The molecule has 66 valence electrons. The van der Waals surface area contributed by atoms with Crippen molar-refractivity contribution in [3.05, 3.63) is 0 Å². The molecule has 0 rings (SSSR count). The molecule has 0 saturated heterocycles. The second kappa shape index (κ2) is 4.40. The molecule has 0 heterocycles. The fraction of sp³-hybridized carbons (Fsp3) is 1.00. The van der Waals surface area contributed by atoms with Crippen LogP contribution in [0.4, 0.5) is 0 Å². The minimum atomic E-state index is -2.10. The maximum atomic E-state index is 5.82. The lowest BCUT2D eigenvalue weighted by Gasteiger charge is -2.28. The molecular weight excluding hydrogens is 277 g/mol. The van der Waals surface area contributed by atoms with E-state index in [-0.39, 0.29) is 0 Å². The van der Waals surface area contributed by atoms with E-state index in [4.69, 9.17) is 53.4 Å². The maximum Gasteiger partial charge on any atom is 0.0719 e. The molecule has 0 fully saturated rings. The van der Waals surface area contributed by atoms with Crippen molar-refractivity contribution >= 4 is 69.5 Å². The molecule has 0 aromatic heterocycles. The average Bonchev–Trinajstić information content (AvgIpc) is 1.60. The van der Waals surface area contributed by atoms with Crippen LogP contribution in [0.25, 0.3) is 0 Å². The Morgan fingerprint density at radius 2 is 1.40 bits per heavy atom. The minimum absolute atomic E-state index is 0.310. The van der Waals surface area contributed by atoms with E-state index >= 15 is 0 Å². The van der Waals surface area contributed by atoms with Crippen LogP contribution in [0, 0.1) is 0 Å². The molecule has 0 aliphatic carbocycles. The zero-order valence-corrected chi connectivity index (χ0v) is 10.5. The van der Waals surface area contributed by atoms with E-state index in [1.165, 1.54) is 0 Å². The van der Waals surface area contributed by atoms with Gasteiger partial charge in [0.1, 0.15) is 0 Å². The topological polar surface area (TPSA) is 0 Å². The average molecular weight is 284 g/mol. The zero-order valence-electron chi connectivity index (χ0n) is 5.12. The molecule has 0 N–H and O–H groups in total. The molecule has 0 spiro atoms. The van der Waals surface area contributed by atoms with Gasteiger partial charge >= 0.3 is 0 Å². The molecule has 0 bridgehead atoms. The van der Waals surface area contributed by atoms with Crippen molar-refractivity contribution in [2.75, 3.05) is 10.8 Å².